The first kappa shape index (κ1) is 14.6. The molecule has 1 aliphatic carbocycles. The van der Waals surface area contributed by atoms with E-state index >= 15 is 0 Å². The highest BCUT2D eigenvalue weighted by Crippen LogP contribution is 2.58. The molecule has 1 atom stereocenters. The number of piperidine rings is 1. The molecule has 3 heterocycles. The number of ether oxygens (including phenoxy) is 2. The Kier molecular flexibility index (Phi) is 3.11. The van der Waals surface area contributed by atoms with E-state index in [-0.39, 0.29) is 17.7 Å². The highest BCUT2D eigenvalue weighted by atomic mass is 16.7. The summed E-state index contributed by atoms with van der Waals surface area (Å²) < 4.78 is 11.4. The normalized spacial score (nSPS) is 27.0. The van der Waals surface area contributed by atoms with E-state index < -0.39 is 0 Å². The molecule has 0 radical (unpaired) electrons. The molecule has 4 aliphatic rings. The summed E-state index contributed by atoms with van der Waals surface area (Å²) >= 11 is 0. The van der Waals surface area contributed by atoms with Crippen LogP contribution in [-0.2, 0) is 5.54 Å². The summed E-state index contributed by atoms with van der Waals surface area (Å²) in [6.45, 7) is 4.99. The Morgan fingerprint density at radius 3 is 2.62 bits per heavy atom. The molecule has 5 heteroatoms. The lowest BCUT2D eigenvalue weighted by Gasteiger charge is -2.29. The fourth-order valence-corrected chi connectivity index (χ4v) is 4.63. The van der Waals surface area contributed by atoms with Crippen molar-refractivity contribution in [3.8, 4) is 11.5 Å². The van der Waals surface area contributed by atoms with Crippen molar-refractivity contribution in [3.63, 3.8) is 0 Å². The molecule has 1 unspecified atom stereocenters. The number of amides is 1. The van der Waals surface area contributed by atoms with E-state index in [4.69, 9.17) is 9.47 Å². The number of fused-ring (bicyclic) bond motifs is 3. The SMILES string of the molecule is CC1Oc2cc3c(cc2O1)C1(CC1)N(CCC1CCNCC1)C3=O. The summed E-state index contributed by atoms with van der Waals surface area (Å²) in [6, 6.07) is 3.96. The summed E-state index contributed by atoms with van der Waals surface area (Å²) in [5, 5.41) is 3.41. The number of hydrogen-bond donors (Lipinski definition) is 1. The maximum absolute atomic E-state index is 13.0. The van der Waals surface area contributed by atoms with E-state index in [1.165, 1.54) is 12.8 Å². The van der Waals surface area contributed by atoms with Crippen molar-refractivity contribution < 1.29 is 14.3 Å². The van der Waals surface area contributed by atoms with Gasteiger partial charge in [-0.1, -0.05) is 0 Å². The average Bonchev–Trinajstić information content (AvgIpc) is 3.24. The van der Waals surface area contributed by atoms with Crippen molar-refractivity contribution in [1.82, 2.24) is 10.2 Å². The number of carbonyl (C=O) groups is 1. The highest BCUT2D eigenvalue weighted by Gasteiger charge is 2.58. The Morgan fingerprint density at radius 2 is 1.92 bits per heavy atom. The second kappa shape index (κ2) is 5.12. The van der Waals surface area contributed by atoms with E-state index in [0.29, 0.717) is 5.75 Å². The molecule has 3 aliphatic heterocycles. The van der Waals surface area contributed by atoms with Crippen molar-refractivity contribution in [3.05, 3.63) is 23.3 Å². The summed E-state index contributed by atoms with van der Waals surface area (Å²) in [6.07, 6.45) is 5.47. The zero-order chi connectivity index (χ0) is 16.3. The van der Waals surface area contributed by atoms with Gasteiger partial charge in [-0.25, -0.2) is 0 Å². The van der Waals surface area contributed by atoms with Gasteiger partial charge in [0.25, 0.3) is 5.91 Å². The summed E-state index contributed by atoms with van der Waals surface area (Å²) in [5.74, 6) is 2.43. The summed E-state index contributed by atoms with van der Waals surface area (Å²) in [5.41, 5.74) is 1.94. The summed E-state index contributed by atoms with van der Waals surface area (Å²) in [4.78, 5) is 15.2. The van der Waals surface area contributed by atoms with E-state index in [1.54, 1.807) is 0 Å². The molecule has 24 heavy (non-hydrogen) atoms. The Bertz CT molecular complexity index is 692. The van der Waals surface area contributed by atoms with Crippen LogP contribution < -0.4 is 14.8 Å². The van der Waals surface area contributed by atoms with E-state index in [1.807, 2.05) is 13.0 Å². The Morgan fingerprint density at radius 1 is 1.21 bits per heavy atom. The maximum atomic E-state index is 13.0. The van der Waals surface area contributed by atoms with Gasteiger partial charge in [-0.2, -0.15) is 0 Å². The molecule has 1 aromatic carbocycles. The lowest BCUT2D eigenvalue weighted by Crippen LogP contribution is -2.36. The zero-order valence-corrected chi connectivity index (χ0v) is 14.1. The third kappa shape index (κ3) is 2.07. The van der Waals surface area contributed by atoms with Gasteiger partial charge in [0.15, 0.2) is 11.5 Å². The molecule has 1 N–H and O–H groups in total. The van der Waals surface area contributed by atoms with Crippen LogP contribution in [0.2, 0.25) is 0 Å². The predicted molar refractivity (Wildman–Crippen MR) is 89.3 cm³/mol. The average molecular weight is 328 g/mol. The Hall–Kier alpha value is -1.75. The second-order valence-corrected chi connectivity index (χ2v) is 7.62. The number of benzene rings is 1. The molecule has 0 aromatic heterocycles. The molecular formula is C19H24N2O3. The molecule has 1 amide bonds. The second-order valence-electron chi connectivity index (χ2n) is 7.62. The smallest absolute Gasteiger partial charge is 0.255 e. The number of nitrogens with one attached hydrogen (secondary N) is 1. The van der Waals surface area contributed by atoms with Crippen molar-refractivity contribution in [2.75, 3.05) is 19.6 Å². The van der Waals surface area contributed by atoms with Gasteiger partial charge in [-0.05, 0) is 68.8 Å². The van der Waals surface area contributed by atoms with Crippen molar-refractivity contribution in [1.29, 1.82) is 0 Å². The molecule has 0 bridgehead atoms. The third-order valence-corrected chi connectivity index (χ3v) is 6.11. The highest BCUT2D eigenvalue weighted by molar-refractivity contribution is 6.01. The van der Waals surface area contributed by atoms with Crippen molar-refractivity contribution >= 4 is 5.91 Å². The maximum Gasteiger partial charge on any atom is 0.255 e. The topological polar surface area (TPSA) is 50.8 Å². The van der Waals surface area contributed by atoms with Gasteiger partial charge in [0.1, 0.15) is 0 Å². The molecule has 1 saturated carbocycles. The first-order chi connectivity index (χ1) is 11.7. The van der Waals surface area contributed by atoms with Crippen LogP contribution in [0.5, 0.6) is 11.5 Å². The minimum Gasteiger partial charge on any atom is -0.451 e. The van der Waals surface area contributed by atoms with Crippen LogP contribution in [0.4, 0.5) is 0 Å². The van der Waals surface area contributed by atoms with Gasteiger partial charge in [0, 0.05) is 19.0 Å². The van der Waals surface area contributed by atoms with Crippen LogP contribution in [0.1, 0.15) is 54.9 Å². The first-order valence-corrected chi connectivity index (χ1v) is 9.22. The largest absolute Gasteiger partial charge is 0.451 e. The van der Waals surface area contributed by atoms with Crippen LogP contribution in [0.3, 0.4) is 0 Å². The fourth-order valence-electron chi connectivity index (χ4n) is 4.63. The number of nitrogens with zero attached hydrogens (tertiary/aromatic N) is 1. The van der Waals surface area contributed by atoms with Crippen molar-refractivity contribution in [2.24, 2.45) is 5.92 Å². The number of hydrogen-bond acceptors (Lipinski definition) is 4. The molecule has 5 nitrogen and oxygen atoms in total. The van der Waals surface area contributed by atoms with Crippen LogP contribution >= 0.6 is 0 Å². The summed E-state index contributed by atoms with van der Waals surface area (Å²) in [7, 11) is 0. The lowest BCUT2D eigenvalue weighted by molar-refractivity contribution is 0.0651. The Balaban J connectivity index is 1.40. The number of carbonyl (C=O) groups excluding carboxylic acids is 1. The van der Waals surface area contributed by atoms with Gasteiger partial charge in [-0.3, -0.25) is 4.79 Å². The molecule has 2 fully saturated rings. The minimum absolute atomic E-state index is 0.0520. The molecule has 1 saturated heterocycles. The van der Waals surface area contributed by atoms with E-state index in [0.717, 1.165) is 61.7 Å². The van der Waals surface area contributed by atoms with Crippen LogP contribution in [-0.4, -0.2) is 36.7 Å². The van der Waals surface area contributed by atoms with Crippen LogP contribution in [0, 0.1) is 5.92 Å². The quantitative estimate of drug-likeness (QED) is 0.927. The van der Waals surface area contributed by atoms with Crippen molar-refractivity contribution in [2.45, 2.75) is 50.9 Å². The molecule has 1 aromatic rings. The zero-order valence-electron chi connectivity index (χ0n) is 14.1. The van der Waals surface area contributed by atoms with E-state index in [9.17, 15) is 4.79 Å². The standard InChI is InChI=1S/C19H24N2O3/c1-12-23-16-10-14-15(11-17(16)24-12)19(5-6-19)21(18(14)22)9-4-13-2-7-20-8-3-13/h10-13,20H,2-9H2,1H3. The number of rotatable bonds is 3. The van der Waals surface area contributed by atoms with Crippen LogP contribution in [0.25, 0.3) is 0 Å². The van der Waals surface area contributed by atoms with Gasteiger partial charge in [0.2, 0.25) is 6.29 Å². The van der Waals surface area contributed by atoms with Crippen LogP contribution in [0.15, 0.2) is 12.1 Å². The lowest BCUT2D eigenvalue weighted by atomic mass is 9.94. The van der Waals surface area contributed by atoms with Gasteiger partial charge < -0.3 is 19.7 Å². The third-order valence-electron chi connectivity index (χ3n) is 6.11. The fraction of sp³-hybridized carbons (Fsp3) is 0.632. The first-order valence-electron chi connectivity index (χ1n) is 9.22. The molecular weight excluding hydrogens is 304 g/mol. The Labute approximate surface area is 142 Å². The van der Waals surface area contributed by atoms with Gasteiger partial charge in [-0.15, -0.1) is 0 Å². The predicted octanol–water partition coefficient (Wildman–Crippen LogP) is 2.64. The van der Waals surface area contributed by atoms with Gasteiger partial charge >= 0.3 is 0 Å². The molecule has 1 spiro atoms. The molecule has 5 rings (SSSR count). The molecule has 128 valence electrons. The minimum atomic E-state index is -0.260. The van der Waals surface area contributed by atoms with E-state index in [2.05, 4.69) is 16.3 Å². The monoisotopic (exact) mass is 328 g/mol. The van der Waals surface area contributed by atoms with Gasteiger partial charge in [0.05, 0.1) is 5.54 Å².